The molecule has 40 heavy (non-hydrogen) atoms. The fourth-order valence-electron chi connectivity index (χ4n) is 5.42. The molecule has 0 spiro atoms. The maximum Gasteiger partial charge on any atom is 0.335 e. The Bertz CT molecular complexity index is 1430. The minimum absolute atomic E-state index is 0.0151. The molecular formula is C31H33IN2O5S. The molecule has 210 valence electrons. The molecular weight excluding hydrogens is 639 g/mol. The van der Waals surface area contributed by atoms with E-state index in [1.807, 2.05) is 18.2 Å². The van der Waals surface area contributed by atoms with Crippen molar-refractivity contribution < 1.29 is 24.2 Å². The van der Waals surface area contributed by atoms with E-state index >= 15 is 0 Å². The molecule has 1 aromatic heterocycles. The summed E-state index contributed by atoms with van der Waals surface area (Å²) in [4.78, 5) is 30.9. The highest BCUT2D eigenvalue weighted by Crippen LogP contribution is 2.40. The standard InChI is InChI=1S/C31H33IN2O5S/c1-38-25-16-20(15-24(32)28(25)39-18-19-8-7-9-21(14-19)31(36)37)17-33-30-27(23-12-5-6-13-26(23)40-30)29(35)34-22-10-3-2-4-11-22/h7-9,14-17,22H,2-6,10-13,18H2,1H3,(H,34,35)(H,36,37). The molecule has 0 unspecified atom stereocenters. The van der Waals surface area contributed by atoms with Crippen LogP contribution in [0.15, 0.2) is 41.4 Å². The van der Waals surface area contributed by atoms with Crippen LogP contribution in [0.5, 0.6) is 11.5 Å². The molecule has 2 N–H and O–H groups in total. The lowest BCUT2D eigenvalue weighted by atomic mass is 9.93. The topological polar surface area (TPSA) is 97.2 Å². The number of aromatic carboxylic acids is 1. The van der Waals surface area contributed by atoms with Gasteiger partial charge in [0.05, 0.1) is 21.8 Å². The number of carbonyl (C=O) groups is 2. The Morgan fingerprint density at radius 1 is 1.12 bits per heavy atom. The highest BCUT2D eigenvalue weighted by molar-refractivity contribution is 14.1. The molecule has 0 atom stereocenters. The van der Waals surface area contributed by atoms with Crippen LogP contribution in [0, 0.1) is 3.57 Å². The number of hydrogen-bond acceptors (Lipinski definition) is 6. The first-order valence-electron chi connectivity index (χ1n) is 13.7. The van der Waals surface area contributed by atoms with Gasteiger partial charge in [-0.2, -0.15) is 0 Å². The number of aliphatic imine (C=N–C) groups is 1. The van der Waals surface area contributed by atoms with Crippen molar-refractivity contribution >= 4 is 57.0 Å². The van der Waals surface area contributed by atoms with Gasteiger partial charge in [-0.1, -0.05) is 31.4 Å². The number of rotatable bonds is 9. The number of ether oxygens (including phenoxy) is 2. The Balaban J connectivity index is 1.37. The van der Waals surface area contributed by atoms with Gasteiger partial charge in [0.2, 0.25) is 0 Å². The van der Waals surface area contributed by atoms with E-state index in [0.717, 1.165) is 63.8 Å². The Morgan fingerprint density at radius 2 is 1.93 bits per heavy atom. The highest BCUT2D eigenvalue weighted by Gasteiger charge is 2.27. The van der Waals surface area contributed by atoms with Gasteiger partial charge >= 0.3 is 5.97 Å². The van der Waals surface area contributed by atoms with Crippen LogP contribution in [0.1, 0.15) is 87.2 Å². The second kappa shape index (κ2) is 13.2. The SMILES string of the molecule is COc1cc(C=Nc2sc3c(c2C(=O)NC2CCCCC2)CCCC3)cc(I)c1OCc1cccc(C(=O)O)c1. The molecule has 2 aliphatic carbocycles. The Labute approximate surface area is 252 Å². The first-order valence-corrected chi connectivity index (χ1v) is 15.6. The van der Waals surface area contributed by atoms with E-state index in [1.54, 1.807) is 42.9 Å². The van der Waals surface area contributed by atoms with Crippen LogP contribution >= 0.6 is 33.9 Å². The van der Waals surface area contributed by atoms with E-state index in [4.69, 9.17) is 14.5 Å². The van der Waals surface area contributed by atoms with Crippen LogP contribution < -0.4 is 14.8 Å². The normalized spacial score (nSPS) is 15.6. The van der Waals surface area contributed by atoms with E-state index in [9.17, 15) is 14.7 Å². The number of fused-ring (bicyclic) bond motifs is 1. The molecule has 2 aromatic carbocycles. The molecule has 1 heterocycles. The van der Waals surface area contributed by atoms with Gasteiger partial charge in [-0.15, -0.1) is 11.3 Å². The number of methoxy groups -OCH3 is 1. The number of carbonyl (C=O) groups excluding carboxylic acids is 1. The number of hydrogen-bond donors (Lipinski definition) is 2. The maximum atomic E-state index is 13.5. The zero-order valence-corrected chi connectivity index (χ0v) is 25.5. The molecule has 9 heteroatoms. The molecule has 2 aliphatic rings. The predicted molar refractivity (Wildman–Crippen MR) is 166 cm³/mol. The lowest BCUT2D eigenvalue weighted by Gasteiger charge is -2.23. The number of carboxylic acids is 1. The summed E-state index contributed by atoms with van der Waals surface area (Å²) in [6, 6.07) is 10.8. The third-order valence-electron chi connectivity index (χ3n) is 7.46. The van der Waals surface area contributed by atoms with Crippen LogP contribution in [0.25, 0.3) is 0 Å². The maximum absolute atomic E-state index is 13.5. The van der Waals surface area contributed by atoms with Crippen molar-refractivity contribution in [3.05, 3.63) is 72.7 Å². The number of thiophene rings is 1. The number of aryl methyl sites for hydroxylation is 1. The largest absolute Gasteiger partial charge is 0.493 e. The minimum Gasteiger partial charge on any atom is -0.493 e. The molecule has 0 radical (unpaired) electrons. The van der Waals surface area contributed by atoms with Gasteiger partial charge < -0.3 is 19.9 Å². The average Bonchev–Trinajstić information content (AvgIpc) is 3.34. The minimum atomic E-state index is -0.973. The van der Waals surface area contributed by atoms with Crippen molar-refractivity contribution in [2.45, 2.75) is 70.4 Å². The highest BCUT2D eigenvalue weighted by atomic mass is 127. The molecule has 3 aromatic rings. The number of nitrogens with zero attached hydrogens (tertiary/aromatic N) is 1. The lowest BCUT2D eigenvalue weighted by Crippen LogP contribution is -2.36. The third kappa shape index (κ3) is 6.68. The van der Waals surface area contributed by atoms with Crippen LogP contribution in [0.2, 0.25) is 0 Å². The van der Waals surface area contributed by atoms with Crippen molar-refractivity contribution in [1.82, 2.24) is 5.32 Å². The van der Waals surface area contributed by atoms with Crippen molar-refractivity contribution in [3.63, 3.8) is 0 Å². The van der Waals surface area contributed by atoms with Gasteiger partial charge in [-0.25, -0.2) is 9.79 Å². The van der Waals surface area contributed by atoms with E-state index < -0.39 is 5.97 Å². The van der Waals surface area contributed by atoms with Gasteiger partial charge in [0.15, 0.2) is 11.5 Å². The van der Waals surface area contributed by atoms with E-state index in [-0.39, 0.29) is 24.1 Å². The molecule has 7 nitrogen and oxygen atoms in total. The summed E-state index contributed by atoms with van der Waals surface area (Å²) in [7, 11) is 1.59. The fourth-order valence-corrected chi connectivity index (χ4v) is 7.43. The summed E-state index contributed by atoms with van der Waals surface area (Å²) >= 11 is 3.84. The second-order valence-electron chi connectivity index (χ2n) is 10.3. The van der Waals surface area contributed by atoms with Gasteiger partial charge in [0.25, 0.3) is 5.91 Å². The zero-order valence-electron chi connectivity index (χ0n) is 22.5. The van der Waals surface area contributed by atoms with E-state index in [1.165, 1.54) is 29.7 Å². The van der Waals surface area contributed by atoms with Gasteiger partial charge in [-0.3, -0.25) is 4.79 Å². The Morgan fingerprint density at radius 3 is 2.70 bits per heavy atom. The van der Waals surface area contributed by atoms with Crippen LogP contribution in [0.3, 0.4) is 0 Å². The summed E-state index contributed by atoms with van der Waals surface area (Å²) < 4.78 is 12.5. The van der Waals surface area contributed by atoms with Gasteiger partial charge in [0, 0.05) is 17.1 Å². The number of carboxylic acid groups (broad SMARTS) is 1. The molecule has 0 aliphatic heterocycles. The molecule has 5 rings (SSSR count). The number of amides is 1. The van der Waals surface area contributed by atoms with Crippen molar-refractivity contribution in [2.75, 3.05) is 7.11 Å². The quantitative estimate of drug-likeness (QED) is 0.183. The molecule has 0 bridgehead atoms. The fraction of sp³-hybridized carbons (Fsp3) is 0.387. The lowest BCUT2D eigenvalue weighted by molar-refractivity contribution is 0.0696. The van der Waals surface area contributed by atoms with Gasteiger partial charge in [-0.05, 0) is 102 Å². The number of benzene rings is 2. The van der Waals surface area contributed by atoms with Crippen LogP contribution in [-0.2, 0) is 19.4 Å². The first-order chi connectivity index (χ1) is 19.4. The zero-order chi connectivity index (χ0) is 28.1. The Kier molecular flexibility index (Phi) is 9.41. The number of halogens is 1. The van der Waals surface area contributed by atoms with Crippen molar-refractivity contribution in [3.8, 4) is 11.5 Å². The molecule has 1 saturated carbocycles. The summed E-state index contributed by atoms with van der Waals surface area (Å²) in [5, 5.41) is 13.3. The average molecular weight is 673 g/mol. The Hall–Kier alpha value is -2.92. The third-order valence-corrected chi connectivity index (χ3v) is 9.46. The summed E-state index contributed by atoms with van der Waals surface area (Å²) in [6.45, 7) is 0.209. The molecule has 0 saturated heterocycles. The molecule has 1 fully saturated rings. The predicted octanol–water partition coefficient (Wildman–Crippen LogP) is 7.33. The summed E-state index contributed by atoms with van der Waals surface area (Å²) in [6.07, 6.45) is 11.7. The molecule has 1 amide bonds. The summed E-state index contributed by atoms with van der Waals surface area (Å²) in [5.41, 5.74) is 3.75. The van der Waals surface area contributed by atoms with Crippen LogP contribution in [-0.4, -0.2) is 36.3 Å². The van der Waals surface area contributed by atoms with Crippen molar-refractivity contribution in [2.24, 2.45) is 4.99 Å². The van der Waals surface area contributed by atoms with E-state index in [0.29, 0.717) is 11.5 Å². The second-order valence-corrected chi connectivity index (χ2v) is 12.5. The van der Waals surface area contributed by atoms with Gasteiger partial charge in [0.1, 0.15) is 11.6 Å². The number of nitrogens with one attached hydrogen (secondary N) is 1. The first kappa shape index (κ1) is 28.6. The van der Waals surface area contributed by atoms with Crippen molar-refractivity contribution in [1.29, 1.82) is 0 Å². The van der Waals surface area contributed by atoms with E-state index in [2.05, 4.69) is 27.9 Å². The summed E-state index contributed by atoms with van der Waals surface area (Å²) in [5.74, 6) is 0.184. The van der Waals surface area contributed by atoms with Crippen LogP contribution in [0.4, 0.5) is 5.00 Å². The monoisotopic (exact) mass is 672 g/mol. The smallest absolute Gasteiger partial charge is 0.335 e.